The predicted octanol–water partition coefficient (Wildman–Crippen LogP) is 13.9. The number of hydrogen-bond acceptors (Lipinski definition) is 7. The summed E-state index contributed by atoms with van der Waals surface area (Å²) in [5.41, 5.74) is 8.95. The molecule has 351 valence electrons. The molecular formula is C60H49IrN9O-2. The molecule has 0 atom stereocenters. The first-order valence-corrected chi connectivity index (χ1v) is 23.4. The first kappa shape index (κ1) is 46.6. The molecule has 3 heterocycles. The predicted molar refractivity (Wildman–Crippen MR) is 283 cm³/mol. The van der Waals surface area contributed by atoms with E-state index in [-0.39, 0.29) is 36.7 Å². The number of aromatic nitrogens is 9. The Balaban J connectivity index is 0.000000122. The van der Waals surface area contributed by atoms with Crippen LogP contribution in [0.15, 0.2) is 188 Å². The van der Waals surface area contributed by atoms with Crippen molar-refractivity contribution in [3.05, 3.63) is 206 Å². The molecule has 0 aliphatic rings. The van der Waals surface area contributed by atoms with Crippen LogP contribution in [-0.2, 0) is 25.5 Å². The molecule has 1 radical (unpaired) electrons. The standard InChI is InChI=1S/C20H25N3O.2C20H12N3.Ir/c1-19(2,3)13-20(4,5)14-10-11-18(24)17(12-14)23-21-15-8-6-7-9-16(15)22-23;2*1-2-8-15-14(7-1)13-20(17-10-4-3-9-16(15)17)23-21-18-11-5-6-12-19(18)22-23;/h6-12,24H,13H2,1-5H3;2*1-12H;/q;2*-1;. The van der Waals surface area contributed by atoms with E-state index in [2.05, 4.69) is 150 Å². The average Bonchev–Trinajstić information content (AvgIpc) is 4.13. The van der Waals surface area contributed by atoms with Gasteiger partial charge in [0.1, 0.15) is 44.5 Å². The zero-order valence-corrected chi connectivity index (χ0v) is 42.3. The monoisotopic (exact) mass is 1100 g/mol. The minimum Gasteiger partial charge on any atom is -0.506 e. The molecule has 0 fully saturated rings. The van der Waals surface area contributed by atoms with Gasteiger partial charge in [-0.25, -0.2) is 0 Å². The van der Waals surface area contributed by atoms with E-state index in [4.69, 9.17) is 0 Å². The van der Waals surface area contributed by atoms with Crippen molar-refractivity contribution in [2.75, 3.05) is 0 Å². The van der Waals surface area contributed by atoms with E-state index in [1.54, 1.807) is 15.7 Å². The first-order chi connectivity index (χ1) is 34.0. The van der Waals surface area contributed by atoms with Crippen molar-refractivity contribution < 1.29 is 25.2 Å². The molecule has 0 aliphatic heterocycles. The molecule has 0 saturated carbocycles. The first-order valence-electron chi connectivity index (χ1n) is 23.4. The Bertz CT molecular complexity index is 3760. The van der Waals surface area contributed by atoms with E-state index in [0.717, 1.165) is 72.4 Å². The molecular weight excluding hydrogens is 1050 g/mol. The molecule has 0 bridgehead atoms. The second kappa shape index (κ2) is 19.0. The largest absolute Gasteiger partial charge is 0.506 e. The van der Waals surface area contributed by atoms with Crippen molar-refractivity contribution in [2.45, 2.75) is 46.5 Å². The van der Waals surface area contributed by atoms with Crippen molar-refractivity contribution in [3.63, 3.8) is 0 Å². The van der Waals surface area contributed by atoms with Crippen LogP contribution < -0.4 is 0 Å². The molecule has 0 saturated heterocycles. The Labute approximate surface area is 424 Å². The average molecular weight is 1100 g/mol. The summed E-state index contributed by atoms with van der Waals surface area (Å²) in [5, 5.41) is 46.9. The fourth-order valence-corrected chi connectivity index (χ4v) is 9.63. The van der Waals surface area contributed by atoms with E-state index < -0.39 is 0 Å². The third-order valence-corrected chi connectivity index (χ3v) is 12.5. The Morgan fingerprint density at radius 3 is 1.10 bits per heavy atom. The molecule has 0 aliphatic carbocycles. The van der Waals surface area contributed by atoms with Gasteiger partial charge in [0.05, 0.1) is 0 Å². The van der Waals surface area contributed by atoms with E-state index in [9.17, 15) is 5.11 Å². The maximum Gasteiger partial charge on any atom is 0.143 e. The summed E-state index contributed by atoms with van der Waals surface area (Å²) in [6.07, 6.45) is 1.04. The van der Waals surface area contributed by atoms with Crippen LogP contribution in [0.4, 0.5) is 0 Å². The van der Waals surface area contributed by atoms with Gasteiger partial charge in [0.25, 0.3) is 0 Å². The van der Waals surface area contributed by atoms with Crippen LogP contribution in [0.3, 0.4) is 0 Å². The Morgan fingerprint density at radius 1 is 0.394 bits per heavy atom. The molecule has 10 nitrogen and oxygen atoms in total. The number of phenolic OH excluding ortho intramolecular Hbond substituents is 1. The van der Waals surface area contributed by atoms with E-state index in [0.29, 0.717) is 5.69 Å². The summed E-state index contributed by atoms with van der Waals surface area (Å²) in [5.74, 6) is 0.186. The molecule has 0 unspecified atom stereocenters. The number of aromatic hydroxyl groups is 1. The van der Waals surface area contributed by atoms with Gasteiger partial charge >= 0.3 is 0 Å². The Morgan fingerprint density at radius 2 is 0.718 bits per heavy atom. The van der Waals surface area contributed by atoms with Crippen molar-refractivity contribution in [2.24, 2.45) is 5.41 Å². The SMILES string of the molecule is CC(C)(C)CC(C)(C)c1ccc(O)c(-n2nc3ccccc3n2)c1.[Ir].[c-]1c(-n2nc3ccccc3n2)c2ccccc2c2ccccc12.[c-]1c(-n2nc3ccccc3n2)c2ccccc2c2ccccc12. The number of fused-ring (bicyclic) bond motifs is 9. The van der Waals surface area contributed by atoms with Crippen LogP contribution in [0.5, 0.6) is 5.75 Å². The maximum absolute atomic E-state index is 10.3. The Hall–Kier alpha value is -8.11. The van der Waals surface area contributed by atoms with E-state index in [1.165, 1.54) is 31.9 Å². The van der Waals surface area contributed by atoms with E-state index >= 15 is 0 Å². The van der Waals surface area contributed by atoms with Crippen LogP contribution in [0.25, 0.3) is 93.3 Å². The zero-order chi connectivity index (χ0) is 48.0. The summed E-state index contributed by atoms with van der Waals surface area (Å²) in [6, 6.07) is 69.5. The summed E-state index contributed by atoms with van der Waals surface area (Å²) in [6.45, 7) is 11.2. The van der Waals surface area contributed by atoms with Crippen molar-refractivity contribution in [1.29, 1.82) is 0 Å². The fraction of sp³-hybridized carbons (Fsp3) is 0.133. The molecule has 71 heavy (non-hydrogen) atoms. The molecule has 3 aromatic heterocycles. The molecule has 10 aromatic carbocycles. The van der Waals surface area contributed by atoms with Crippen LogP contribution in [0, 0.1) is 17.5 Å². The third-order valence-electron chi connectivity index (χ3n) is 12.5. The second-order valence-electron chi connectivity index (χ2n) is 19.4. The molecule has 13 aromatic rings. The summed E-state index contributed by atoms with van der Waals surface area (Å²) in [7, 11) is 0. The number of nitrogens with zero attached hydrogens (tertiary/aromatic N) is 9. The van der Waals surface area contributed by atoms with Gasteiger partial charge in [-0.1, -0.05) is 171 Å². The van der Waals surface area contributed by atoms with Crippen LogP contribution in [-0.4, -0.2) is 50.1 Å². The number of benzene rings is 10. The van der Waals surface area contributed by atoms with Gasteiger partial charge in [0.2, 0.25) is 0 Å². The normalized spacial score (nSPS) is 11.7. The molecule has 0 spiro atoms. The topological polar surface area (TPSA) is 112 Å². The van der Waals surface area contributed by atoms with Crippen molar-refractivity contribution >= 4 is 76.2 Å². The molecule has 13 rings (SSSR count). The van der Waals surface area contributed by atoms with Gasteiger partial charge in [0, 0.05) is 31.5 Å². The minimum absolute atomic E-state index is 0. The maximum atomic E-state index is 10.3. The Kier molecular flexibility index (Phi) is 12.5. The summed E-state index contributed by atoms with van der Waals surface area (Å²) < 4.78 is 0. The van der Waals surface area contributed by atoms with Gasteiger partial charge < -0.3 is 5.11 Å². The van der Waals surface area contributed by atoms with Crippen molar-refractivity contribution in [3.8, 4) is 22.8 Å². The van der Waals surface area contributed by atoms with Gasteiger partial charge in [-0.3, -0.25) is 0 Å². The second-order valence-corrected chi connectivity index (χ2v) is 19.4. The van der Waals surface area contributed by atoms with Gasteiger partial charge in [-0.2, -0.15) is 9.59 Å². The number of phenols is 1. The third kappa shape index (κ3) is 9.37. The summed E-state index contributed by atoms with van der Waals surface area (Å²) >= 11 is 0. The molecule has 11 heteroatoms. The number of hydrogen-bond donors (Lipinski definition) is 1. The smallest absolute Gasteiger partial charge is 0.143 e. The van der Waals surface area contributed by atoms with E-state index in [1.807, 2.05) is 109 Å². The van der Waals surface area contributed by atoms with Gasteiger partial charge in [-0.05, 0) is 71.3 Å². The van der Waals surface area contributed by atoms with Crippen LogP contribution in [0.1, 0.15) is 46.6 Å². The van der Waals surface area contributed by atoms with Crippen LogP contribution >= 0.6 is 0 Å². The quantitative estimate of drug-likeness (QED) is 0.135. The molecule has 1 N–H and O–H groups in total. The fourth-order valence-electron chi connectivity index (χ4n) is 9.63. The molecule has 0 amide bonds. The minimum atomic E-state index is -0.00667. The summed E-state index contributed by atoms with van der Waals surface area (Å²) in [4.78, 5) is 4.91. The van der Waals surface area contributed by atoms with Gasteiger partial charge in [0.15, 0.2) is 0 Å². The zero-order valence-electron chi connectivity index (χ0n) is 39.9. The van der Waals surface area contributed by atoms with Crippen molar-refractivity contribution in [1.82, 2.24) is 45.0 Å². The van der Waals surface area contributed by atoms with Gasteiger partial charge in [-0.15, -0.1) is 93.3 Å². The van der Waals surface area contributed by atoms with Crippen LogP contribution in [0.2, 0.25) is 0 Å². The number of rotatable bonds is 5.